The molecule has 5 heteroatoms. The number of carbonyl (C=O) groups excluding carboxylic acids is 2. The summed E-state index contributed by atoms with van der Waals surface area (Å²) in [4.78, 5) is 22.1. The van der Waals surface area contributed by atoms with Gasteiger partial charge in [-0.25, -0.2) is 4.79 Å². The van der Waals surface area contributed by atoms with E-state index < -0.39 is 12.3 Å². The Bertz CT molecular complexity index is 388. The van der Waals surface area contributed by atoms with Gasteiger partial charge in [-0.05, 0) is 19.1 Å². The first-order valence-electron chi connectivity index (χ1n) is 5.13. The number of aldehydes is 1. The van der Waals surface area contributed by atoms with Gasteiger partial charge in [-0.2, -0.15) is 0 Å². The molecule has 0 aliphatic carbocycles. The van der Waals surface area contributed by atoms with Crippen molar-refractivity contribution in [3.63, 3.8) is 0 Å². The Morgan fingerprint density at radius 2 is 2.12 bits per heavy atom. The first-order valence-corrected chi connectivity index (χ1v) is 5.13. The molecule has 0 aromatic heterocycles. The highest BCUT2D eigenvalue weighted by molar-refractivity contribution is 5.92. The molecule has 0 fully saturated rings. The lowest BCUT2D eigenvalue weighted by Gasteiger charge is -2.15. The van der Waals surface area contributed by atoms with Crippen LogP contribution in [-0.2, 0) is 14.3 Å². The van der Waals surface area contributed by atoms with Gasteiger partial charge in [-0.3, -0.25) is 4.79 Å². The minimum Gasteiger partial charge on any atom is -0.465 e. The molecule has 0 aliphatic rings. The third kappa shape index (κ3) is 3.57. The molecule has 0 bridgehead atoms. The number of rotatable bonds is 6. The highest BCUT2D eigenvalue weighted by Gasteiger charge is 2.16. The van der Waals surface area contributed by atoms with E-state index >= 15 is 0 Å². The molecule has 5 nitrogen and oxygen atoms in total. The fraction of sp³-hybridized carbons (Fsp3) is 0.333. The average Bonchev–Trinajstić information content (AvgIpc) is 2.38. The van der Waals surface area contributed by atoms with Crippen LogP contribution in [0.2, 0.25) is 0 Å². The normalized spacial score (nSPS) is 11.6. The van der Waals surface area contributed by atoms with Crippen molar-refractivity contribution in [3.05, 3.63) is 29.8 Å². The SMILES string of the molecule is CCOC(C=O)Oc1ccccc1C(=O)OC. The maximum absolute atomic E-state index is 11.4. The molecule has 0 aliphatic heterocycles. The van der Waals surface area contributed by atoms with E-state index in [1.807, 2.05) is 0 Å². The summed E-state index contributed by atoms with van der Waals surface area (Å²) in [5.74, 6) is -0.272. The number of hydrogen-bond acceptors (Lipinski definition) is 5. The van der Waals surface area contributed by atoms with Crippen molar-refractivity contribution in [2.45, 2.75) is 13.2 Å². The third-order valence-corrected chi connectivity index (χ3v) is 1.98. The number of hydrogen-bond donors (Lipinski definition) is 0. The van der Waals surface area contributed by atoms with E-state index in [0.717, 1.165) is 0 Å². The zero-order valence-electron chi connectivity index (χ0n) is 9.71. The van der Waals surface area contributed by atoms with Crippen LogP contribution in [0.4, 0.5) is 0 Å². The van der Waals surface area contributed by atoms with Gasteiger partial charge in [0.15, 0.2) is 6.29 Å². The second-order valence-electron chi connectivity index (χ2n) is 3.07. The first-order chi connectivity index (χ1) is 8.22. The van der Waals surface area contributed by atoms with E-state index in [1.54, 1.807) is 31.2 Å². The van der Waals surface area contributed by atoms with E-state index in [4.69, 9.17) is 9.47 Å². The highest BCUT2D eigenvalue weighted by atomic mass is 16.7. The van der Waals surface area contributed by atoms with E-state index in [2.05, 4.69) is 4.74 Å². The molecule has 17 heavy (non-hydrogen) atoms. The highest BCUT2D eigenvalue weighted by Crippen LogP contribution is 2.20. The molecule has 0 amide bonds. The van der Waals surface area contributed by atoms with Gasteiger partial charge in [0.05, 0.1) is 7.11 Å². The molecule has 0 radical (unpaired) electrons. The Balaban J connectivity index is 2.89. The topological polar surface area (TPSA) is 61.8 Å². The monoisotopic (exact) mass is 238 g/mol. The zero-order chi connectivity index (χ0) is 12.7. The predicted molar refractivity (Wildman–Crippen MR) is 59.9 cm³/mol. The Morgan fingerprint density at radius 1 is 1.41 bits per heavy atom. The first kappa shape index (κ1) is 13.2. The molecule has 1 aromatic rings. The summed E-state index contributed by atoms with van der Waals surface area (Å²) in [6, 6.07) is 6.49. The lowest BCUT2D eigenvalue weighted by atomic mass is 10.2. The summed E-state index contributed by atoms with van der Waals surface area (Å²) >= 11 is 0. The Kier molecular flexibility index (Phi) is 5.16. The van der Waals surface area contributed by atoms with Crippen molar-refractivity contribution in [2.75, 3.05) is 13.7 Å². The second kappa shape index (κ2) is 6.65. The van der Waals surface area contributed by atoms with E-state index in [-0.39, 0.29) is 11.3 Å². The van der Waals surface area contributed by atoms with Crippen LogP contribution in [0.1, 0.15) is 17.3 Å². The Morgan fingerprint density at radius 3 is 2.71 bits per heavy atom. The average molecular weight is 238 g/mol. The molecule has 1 aromatic carbocycles. The molecule has 1 rings (SSSR count). The minimum absolute atomic E-state index is 0.251. The molecule has 1 atom stereocenters. The smallest absolute Gasteiger partial charge is 0.341 e. The molecule has 0 saturated carbocycles. The molecule has 1 unspecified atom stereocenters. The number of esters is 1. The van der Waals surface area contributed by atoms with Crippen molar-refractivity contribution in [3.8, 4) is 5.75 Å². The van der Waals surface area contributed by atoms with E-state index in [0.29, 0.717) is 12.9 Å². The quantitative estimate of drug-likeness (QED) is 0.426. The fourth-order valence-electron chi connectivity index (χ4n) is 1.24. The fourth-order valence-corrected chi connectivity index (χ4v) is 1.24. The third-order valence-electron chi connectivity index (χ3n) is 1.98. The predicted octanol–water partition coefficient (Wildman–Crippen LogP) is 1.41. The number of methoxy groups -OCH3 is 1. The van der Waals surface area contributed by atoms with Crippen LogP contribution >= 0.6 is 0 Å². The van der Waals surface area contributed by atoms with Crippen molar-refractivity contribution >= 4 is 12.3 Å². The van der Waals surface area contributed by atoms with Crippen LogP contribution < -0.4 is 4.74 Å². The van der Waals surface area contributed by atoms with Crippen LogP contribution in [0, 0.1) is 0 Å². The lowest BCUT2D eigenvalue weighted by molar-refractivity contribution is -0.136. The van der Waals surface area contributed by atoms with Crippen molar-refractivity contribution < 1.29 is 23.8 Å². The van der Waals surface area contributed by atoms with Gasteiger partial charge in [0, 0.05) is 6.61 Å². The number of carbonyl (C=O) groups is 2. The van der Waals surface area contributed by atoms with Gasteiger partial charge in [-0.1, -0.05) is 12.1 Å². The van der Waals surface area contributed by atoms with Crippen LogP contribution in [0.25, 0.3) is 0 Å². The van der Waals surface area contributed by atoms with Gasteiger partial charge in [0.25, 0.3) is 6.29 Å². The van der Waals surface area contributed by atoms with Crippen LogP contribution in [0.3, 0.4) is 0 Å². The molecule has 92 valence electrons. The largest absolute Gasteiger partial charge is 0.465 e. The number of para-hydroxylation sites is 1. The summed E-state index contributed by atoms with van der Waals surface area (Å²) in [5.41, 5.74) is 0.251. The molecule has 0 spiro atoms. The number of ether oxygens (including phenoxy) is 3. The summed E-state index contributed by atoms with van der Waals surface area (Å²) < 4.78 is 14.9. The molecule has 0 N–H and O–H groups in total. The van der Waals surface area contributed by atoms with Crippen LogP contribution in [0.5, 0.6) is 5.75 Å². The maximum Gasteiger partial charge on any atom is 0.341 e. The van der Waals surface area contributed by atoms with Crippen molar-refractivity contribution in [1.82, 2.24) is 0 Å². The number of benzene rings is 1. The Labute approximate surface area is 99.3 Å². The molecular formula is C12H14O5. The summed E-state index contributed by atoms with van der Waals surface area (Å²) in [5, 5.41) is 0. The summed E-state index contributed by atoms with van der Waals surface area (Å²) in [6.45, 7) is 2.08. The van der Waals surface area contributed by atoms with Gasteiger partial charge < -0.3 is 14.2 Å². The van der Waals surface area contributed by atoms with Gasteiger partial charge in [-0.15, -0.1) is 0 Å². The van der Waals surface area contributed by atoms with Gasteiger partial charge in [0.2, 0.25) is 0 Å². The van der Waals surface area contributed by atoms with E-state index in [1.165, 1.54) is 7.11 Å². The standard InChI is InChI=1S/C12H14O5/c1-3-16-11(8-13)17-10-7-5-4-6-9(10)12(14)15-2/h4-8,11H,3H2,1-2H3. The van der Waals surface area contributed by atoms with Gasteiger partial charge in [0.1, 0.15) is 11.3 Å². The second-order valence-corrected chi connectivity index (χ2v) is 3.07. The maximum atomic E-state index is 11.4. The zero-order valence-corrected chi connectivity index (χ0v) is 9.71. The van der Waals surface area contributed by atoms with Crippen LogP contribution in [0.15, 0.2) is 24.3 Å². The van der Waals surface area contributed by atoms with Crippen molar-refractivity contribution in [2.24, 2.45) is 0 Å². The van der Waals surface area contributed by atoms with Gasteiger partial charge >= 0.3 is 5.97 Å². The molecule has 0 heterocycles. The van der Waals surface area contributed by atoms with Crippen molar-refractivity contribution in [1.29, 1.82) is 0 Å². The Hall–Kier alpha value is -1.88. The summed E-state index contributed by atoms with van der Waals surface area (Å²) in [6.07, 6.45) is -0.497. The summed E-state index contributed by atoms with van der Waals surface area (Å²) in [7, 11) is 1.28. The minimum atomic E-state index is -1.02. The molecular weight excluding hydrogens is 224 g/mol. The van der Waals surface area contributed by atoms with E-state index in [9.17, 15) is 9.59 Å². The molecule has 0 saturated heterocycles. The lowest BCUT2D eigenvalue weighted by Crippen LogP contribution is -2.23. The van der Waals surface area contributed by atoms with Crippen LogP contribution in [-0.4, -0.2) is 32.3 Å².